The number of halogens is 1. The van der Waals surface area contributed by atoms with Gasteiger partial charge in [0.2, 0.25) is 5.95 Å². The van der Waals surface area contributed by atoms with E-state index < -0.39 is 0 Å². The van der Waals surface area contributed by atoms with Crippen LogP contribution in [0.4, 0.5) is 5.95 Å². The molecule has 0 aliphatic rings. The highest BCUT2D eigenvalue weighted by molar-refractivity contribution is 7.80. The molecule has 56 valence electrons. The molecule has 1 aromatic rings. The van der Waals surface area contributed by atoms with Crippen LogP contribution in [0, 0.1) is 0 Å². The van der Waals surface area contributed by atoms with Gasteiger partial charge in [-0.3, -0.25) is 0 Å². The summed E-state index contributed by atoms with van der Waals surface area (Å²) in [5.74, 6) is 0.697. The Balaban J connectivity index is 0.000000810. The van der Waals surface area contributed by atoms with Crippen molar-refractivity contribution in [1.82, 2.24) is 9.97 Å². The summed E-state index contributed by atoms with van der Waals surface area (Å²) in [6.07, 6.45) is 3.40. The lowest BCUT2D eigenvalue weighted by molar-refractivity contribution is 1.31. The van der Waals surface area contributed by atoms with Gasteiger partial charge in [-0.05, 0) is 6.92 Å². The van der Waals surface area contributed by atoms with Gasteiger partial charge in [-0.1, -0.05) is 12.2 Å². The molecule has 2 N–H and O–H groups in total. The summed E-state index contributed by atoms with van der Waals surface area (Å²) in [6, 6.07) is 0. The zero-order valence-corrected chi connectivity index (χ0v) is 7.05. The van der Waals surface area contributed by atoms with Crippen LogP contribution in [0.5, 0.6) is 0 Å². The number of imidazole rings is 1. The molecule has 0 aliphatic heterocycles. The number of rotatable bonds is 1. The Bertz CT molecular complexity index is 197. The second-order valence-corrected chi connectivity index (χ2v) is 2.23. The summed E-state index contributed by atoms with van der Waals surface area (Å²) >= 11 is 4.77. The van der Waals surface area contributed by atoms with Crippen LogP contribution in [0.1, 0.15) is 6.92 Å². The SMILES string of the molecule is CC(=S)Nc1ncc[nH]1.Cl. The number of hydrogen-bond donors (Lipinski definition) is 2. The van der Waals surface area contributed by atoms with Crippen LogP contribution >= 0.6 is 24.6 Å². The average Bonchev–Trinajstić information content (AvgIpc) is 2.15. The van der Waals surface area contributed by atoms with Crippen LogP contribution in [0.2, 0.25) is 0 Å². The number of anilines is 1. The highest BCUT2D eigenvalue weighted by Crippen LogP contribution is 1.93. The molecular formula is C5H8ClN3S. The Morgan fingerprint density at radius 1 is 1.80 bits per heavy atom. The van der Waals surface area contributed by atoms with E-state index in [0.717, 1.165) is 0 Å². The maximum absolute atomic E-state index is 4.77. The molecule has 0 aromatic carbocycles. The molecule has 5 heteroatoms. The third-order valence-electron chi connectivity index (χ3n) is 0.793. The van der Waals surface area contributed by atoms with Crippen molar-refractivity contribution in [2.75, 3.05) is 5.32 Å². The van der Waals surface area contributed by atoms with E-state index in [-0.39, 0.29) is 12.4 Å². The predicted molar refractivity (Wildman–Crippen MR) is 47.7 cm³/mol. The van der Waals surface area contributed by atoms with Crippen molar-refractivity contribution < 1.29 is 0 Å². The van der Waals surface area contributed by atoms with Crippen molar-refractivity contribution in [1.29, 1.82) is 0 Å². The Labute approximate surface area is 70.7 Å². The first kappa shape index (κ1) is 9.39. The number of hydrogen-bond acceptors (Lipinski definition) is 2. The van der Waals surface area contributed by atoms with Crippen molar-refractivity contribution in [3.63, 3.8) is 0 Å². The fourth-order valence-corrected chi connectivity index (χ4v) is 0.597. The van der Waals surface area contributed by atoms with Gasteiger partial charge in [0.1, 0.15) is 0 Å². The minimum atomic E-state index is 0. The van der Waals surface area contributed by atoms with Crippen LogP contribution in [0.25, 0.3) is 0 Å². The van der Waals surface area contributed by atoms with E-state index in [2.05, 4.69) is 15.3 Å². The second kappa shape index (κ2) is 4.24. The van der Waals surface area contributed by atoms with Crippen LogP contribution in [0.15, 0.2) is 12.4 Å². The summed E-state index contributed by atoms with van der Waals surface area (Å²) in [5, 5.41) is 2.85. The molecular weight excluding hydrogens is 170 g/mol. The normalized spacial score (nSPS) is 8.10. The Kier molecular flexibility index (Phi) is 3.99. The summed E-state index contributed by atoms with van der Waals surface area (Å²) in [5.41, 5.74) is 0. The quantitative estimate of drug-likeness (QED) is 0.641. The molecule has 1 aromatic heterocycles. The molecule has 0 bridgehead atoms. The van der Waals surface area contributed by atoms with Crippen LogP contribution in [-0.2, 0) is 0 Å². The molecule has 0 atom stereocenters. The van der Waals surface area contributed by atoms with E-state index >= 15 is 0 Å². The van der Waals surface area contributed by atoms with Gasteiger partial charge in [0.05, 0.1) is 4.99 Å². The Morgan fingerprint density at radius 3 is 2.90 bits per heavy atom. The van der Waals surface area contributed by atoms with Crippen molar-refractivity contribution in [2.45, 2.75) is 6.92 Å². The second-order valence-electron chi connectivity index (χ2n) is 1.62. The molecule has 0 saturated carbocycles. The van der Waals surface area contributed by atoms with Crippen molar-refractivity contribution in [2.24, 2.45) is 0 Å². The minimum Gasteiger partial charge on any atom is -0.331 e. The molecule has 1 heterocycles. The fourth-order valence-electron chi connectivity index (χ4n) is 0.500. The van der Waals surface area contributed by atoms with Crippen molar-refractivity contribution in [3.05, 3.63) is 12.4 Å². The van der Waals surface area contributed by atoms with E-state index in [1.165, 1.54) is 0 Å². The minimum absolute atomic E-state index is 0. The number of thiocarbonyl (C=S) groups is 1. The predicted octanol–water partition coefficient (Wildman–Crippen LogP) is 1.59. The van der Waals surface area contributed by atoms with Gasteiger partial charge in [0.25, 0.3) is 0 Å². The molecule has 0 radical (unpaired) electrons. The highest BCUT2D eigenvalue weighted by atomic mass is 35.5. The average molecular weight is 178 g/mol. The maximum atomic E-state index is 4.77. The van der Waals surface area contributed by atoms with Crippen LogP contribution in [-0.4, -0.2) is 15.0 Å². The number of nitrogens with one attached hydrogen (secondary N) is 2. The van der Waals surface area contributed by atoms with E-state index in [1.807, 2.05) is 0 Å². The van der Waals surface area contributed by atoms with Crippen molar-refractivity contribution >= 4 is 35.6 Å². The summed E-state index contributed by atoms with van der Waals surface area (Å²) in [7, 11) is 0. The van der Waals surface area contributed by atoms with Crippen LogP contribution in [0.3, 0.4) is 0 Å². The highest BCUT2D eigenvalue weighted by Gasteiger charge is 1.89. The summed E-state index contributed by atoms with van der Waals surface area (Å²) in [6.45, 7) is 1.80. The van der Waals surface area contributed by atoms with Gasteiger partial charge in [-0.15, -0.1) is 12.4 Å². The zero-order chi connectivity index (χ0) is 6.69. The number of aromatic nitrogens is 2. The smallest absolute Gasteiger partial charge is 0.204 e. The lowest BCUT2D eigenvalue weighted by Gasteiger charge is -1.95. The van der Waals surface area contributed by atoms with Gasteiger partial charge >= 0.3 is 0 Å². The monoisotopic (exact) mass is 177 g/mol. The van der Waals surface area contributed by atoms with Gasteiger partial charge in [0.15, 0.2) is 0 Å². The molecule has 10 heavy (non-hydrogen) atoms. The largest absolute Gasteiger partial charge is 0.331 e. The zero-order valence-electron chi connectivity index (χ0n) is 5.42. The van der Waals surface area contributed by atoms with E-state index in [0.29, 0.717) is 10.9 Å². The Morgan fingerprint density at radius 2 is 2.50 bits per heavy atom. The lowest BCUT2D eigenvalue weighted by atomic mass is 10.7. The third-order valence-corrected chi connectivity index (χ3v) is 0.895. The summed E-state index contributed by atoms with van der Waals surface area (Å²) in [4.78, 5) is 7.47. The lowest BCUT2D eigenvalue weighted by Crippen LogP contribution is -2.04. The Hall–Kier alpha value is -0.610. The van der Waals surface area contributed by atoms with Crippen LogP contribution < -0.4 is 5.32 Å². The standard InChI is InChI=1S/C5H7N3S.ClH/c1-4(9)8-5-6-2-3-7-5;/h2-3H,1H3,(H2,6,7,8,9);1H. The summed E-state index contributed by atoms with van der Waals surface area (Å²) < 4.78 is 0. The fraction of sp³-hybridized carbons (Fsp3) is 0.200. The van der Waals surface area contributed by atoms with E-state index in [1.54, 1.807) is 19.3 Å². The molecule has 0 amide bonds. The van der Waals surface area contributed by atoms with Gasteiger partial charge in [-0.25, -0.2) is 4.98 Å². The van der Waals surface area contributed by atoms with E-state index in [4.69, 9.17) is 12.2 Å². The maximum Gasteiger partial charge on any atom is 0.204 e. The number of aromatic amines is 1. The molecule has 0 spiro atoms. The van der Waals surface area contributed by atoms with Gasteiger partial charge < -0.3 is 10.3 Å². The molecule has 0 unspecified atom stereocenters. The molecule has 1 rings (SSSR count). The van der Waals surface area contributed by atoms with Crippen molar-refractivity contribution in [3.8, 4) is 0 Å². The van der Waals surface area contributed by atoms with E-state index in [9.17, 15) is 0 Å². The first-order valence-corrected chi connectivity index (χ1v) is 2.97. The van der Waals surface area contributed by atoms with Gasteiger partial charge in [0, 0.05) is 12.4 Å². The third kappa shape index (κ3) is 2.80. The first-order valence-electron chi connectivity index (χ1n) is 2.56. The number of H-pyrrole nitrogens is 1. The molecule has 0 aliphatic carbocycles. The first-order chi connectivity index (χ1) is 4.29. The molecule has 0 fully saturated rings. The number of nitrogens with zero attached hydrogens (tertiary/aromatic N) is 1. The topological polar surface area (TPSA) is 40.7 Å². The molecule has 3 nitrogen and oxygen atoms in total. The van der Waals surface area contributed by atoms with Gasteiger partial charge in [-0.2, -0.15) is 0 Å². The molecule has 0 saturated heterocycles.